The van der Waals surface area contributed by atoms with Crippen molar-refractivity contribution < 1.29 is 13.2 Å². The summed E-state index contributed by atoms with van der Waals surface area (Å²) >= 11 is 7.37. The van der Waals surface area contributed by atoms with Crippen LogP contribution < -0.4 is 5.32 Å². The number of thioether (sulfide) groups is 1. The van der Waals surface area contributed by atoms with Gasteiger partial charge in [-0.05, 0) is 24.6 Å². The molecule has 130 valence electrons. The molecule has 1 saturated heterocycles. The molecule has 0 radical (unpaired) electrons. The normalized spacial score (nSPS) is 24.6. The summed E-state index contributed by atoms with van der Waals surface area (Å²) in [5, 5.41) is 4.17. The molecule has 1 aromatic carbocycles. The number of anilines is 1. The molecule has 2 aliphatic heterocycles. The fourth-order valence-electron chi connectivity index (χ4n) is 2.88. The average molecular weight is 388 g/mol. The second-order valence-electron chi connectivity index (χ2n) is 5.98. The third kappa shape index (κ3) is 3.55. The maximum atomic E-state index is 12.1. The zero-order valence-corrected chi connectivity index (χ0v) is 15.7. The van der Waals surface area contributed by atoms with E-state index in [0.717, 1.165) is 10.7 Å². The van der Waals surface area contributed by atoms with E-state index in [1.807, 2.05) is 18.9 Å². The van der Waals surface area contributed by atoms with Gasteiger partial charge in [-0.3, -0.25) is 9.79 Å². The molecule has 0 saturated carbocycles. The number of hydrogen-bond acceptors (Lipinski definition) is 6. The maximum absolute atomic E-state index is 12.1. The lowest BCUT2D eigenvalue weighted by molar-refractivity contribution is -0.113. The van der Waals surface area contributed by atoms with Crippen molar-refractivity contribution in [3.63, 3.8) is 0 Å². The van der Waals surface area contributed by atoms with Crippen LogP contribution in [0.1, 0.15) is 5.56 Å². The Hall–Kier alpha value is -1.25. The second-order valence-corrected chi connectivity index (χ2v) is 9.49. The van der Waals surface area contributed by atoms with Crippen LogP contribution in [0.4, 0.5) is 5.69 Å². The molecule has 2 heterocycles. The molecule has 2 atom stereocenters. The van der Waals surface area contributed by atoms with Gasteiger partial charge in [0.1, 0.15) is 0 Å². The summed E-state index contributed by atoms with van der Waals surface area (Å²) in [6, 6.07) is 5.06. The molecule has 0 bridgehead atoms. The first-order valence-electron chi connectivity index (χ1n) is 7.45. The highest BCUT2D eigenvalue weighted by Gasteiger charge is 2.45. The van der Waals surface area contributed by atoms with Gasteiger partial charge in [-0.2, -0.15) is 0 Å². The molecular weight excluding hydrogens is 370 g/mol. The second kappa shape index (κ2) is 6.57. The monoisotopic (exact) mass is 387 g/mol. The zero-order chi connectivity index (χ0) is 17.5. The van der Waals surface area contributed by atoms with Crippen LogP contribution in [0.2, 0.25) is 5.02 Å². The first kappa shape index (κ1) is 17.6. The Morgan fingerprint density at radius 2 is 2.21 bits per heavy atom. The van der Waals surface area contributed by atoms with E-state index in [-0.39, 0.29) is 35.2 Å². The molecule has 1 fully saturated rings. The van der Waals surface area contributed by atoms with Crippen LogP contribution in [0.5, 0.6) is 0 Å². The smallest absolute Gasteiger partial charge is 0.234 e. The van der Waals surface area contributed by atoms with E-state index in [0.29, 0.717) is 10.7 Å². The molecule has 0 unspecified atom stereocenters. The average Bonchev–Trinajstić information content (AvgIpc) is 2.95. The number of benzene rings is 1. The van der Waals surface area contributed by atoms with Gasteiger partial charge in [0.15, 0.2) is 15.0 Å². The molecule has 3 rings (SSSR count). The van der Waals surface area contributed by atoms with Gasteiger partial charge in [0.2, 0.25) is 5.91 Å². The van der Waals surface area contributed by atoms with Gasteiger partial charge in [-0.25, -0.2) is 8.42 Å². The van der Waals surface area contributed by atoms with Gasteiger partial charge >= 0.3 is 0 Å². The Kier molecular flexibility index (Phi) is 4.81. The molecule has 6 nitrogen and oxygen atoms in total. The molecule has 0 aromatic heterocycles. The third-order valence-corrected chi connectivity index (χ3v) is 7.41. The summed E-state index contributed by atoms with van der Waals surface area (Å²) in [5.41, 5.74) is 1.52. The van der Waals surface area contributed by atoms with Gasteiger partial charge in [0, 0.05) is 17.8 Å². The van der Waals surface area contributed by atoms with Crippen LogP contribution in [0.25, 0.3) is 0 Å². The van der Waals surface area contributed by atoms with E-state index < -0.39 is 9.84 Å². The molecule has 0 spiro atoms. The first-order chi connectivity index (χ1) is 11.3. The fraction of sp³-hybridized carbons (Fsp3) is 0.467. The van der Waals surface area contributed by atoms with E-state index in [1.165, 1.54) is 11.8 Å². The van der Waals surface area contributed by atoms with Crippen LogP contribution in [0.15, 0.2) is 23.2 Å². The van der Waals surface area contributed by atoms with Crippen molar-refractivity contribution in [3.8, 4) is 0 Å². The number of nitrogens with zero attached hydrogens (tertiary/aromatic N) is 2. The number of sulfone groups is 1. The van der Waals surface area contributed by atoms with Crippen molar-refractivity contribution in [2.45, 2.75) is 19.0 Å². The van der Waals surface area contributed by atoms with Crippen molar-refractivity contribution in [2.75, 3.05) is 29.6 Å². The quantitative estimate of drug-likeness (QED) is 0.855. The highest BCUT2D eigenvalue weighted by atomic mass is 35.5. The molecular formula is C15H18ClN3O3S2. The number of carbonyl (C=O) groups excluding carboxylic acids is 1. The fourth-order valence-corrected chi connectivity index (χ4v) is 5.85. The Morgan fingerprint density at radius 1 is 1.46 bits per heavy atom. The van der Waals surface area contributed by atoms with Crippen LogP contribution in [0, 0.1) is 6.92 Å². The summed E-state index contributed by atoms with van der Waals surface area (Å²) in [7, 11) is -1.16. The minimum atomic E-state index is -2.99. The summed E-state index contributed by atoms with van der Waals surface area (Å²) in [5.74, 6) is 0.294. The van der Waals surface area contributed by atoms with Crippen LogP contribution >= 0.6 is 23.4 Å². The summed E-state index contributed by atoms with van der Waals surface area (Å²) in [6.07, 6.45) is 0. The van der Waals surface area contributed by atoms with E-state index in [9.17, 15) is 13.2 Å². The van der Waals surface area contributed by atoms with Gasteiger partial charge in [-0.1, -0.05) is 29.4 Å². The molecule has 2 aliphatic rings. The number of nitrogens with one attached hydrogen (secondary N) is 1. The summed E-state index contributed by atoms with van der Waals surface area (Å²) in [4.78, 5) is 18.5. The molecule has 1 amide bonds. The largest absolute Gasteiger partial charge is 0.348 e. The number of likely N-dealkylation sites (N-methyl/N-ethyl adjacent to an activating group) is 1. The van der Waals surface area contributed by atoms with Gasteiger partial charge in [0.05, 0.1) is 29.3 Å². The lowest BCUT2D eigenvalue weighted by atomic mass is 10.2. The van der Waals surface area contributed by atoms with Crippen molar-refractivity contribution in [2.24, 2.45) is 4.99 Å². The highest BCUT2D eigenvalue weighted by molar-refractivity contribution is 8.14. The molecule has 9 heteroatoms. The van der Waals surface area contributed by atoms with E-state index in [4.69, 9.17) is 11.6 Å². The minimum absolute atomic E-state index is 0.0972. The van der Waals surface area contributed by atoms with Gasteiger partial charge < -0.3 is 10.2 Å². The number of hydrogen-bond donors (Lipinski definition) is 1. The standard InChI is InChI=1S/C15H18ClN3O3S2/c1-9-10(16)4-3-5-11(9)17-14(20)6-23-15-18-12-7-24(21,22)8-13(12)19(15)2/h3-5,12-13H,6-8H2,1-2H3,(H,17,20)/t12-,13+/m0/s1. The summed E-state index contributed by atoms with van der Waals surface area (Å²) in [6.45, 7) is 1.85. The number of aliphatic imine (C=N–C) groups is 1. The Bertz CT molecular complexity index is 810. The van der Waals surface area contributed by atoms with Crippen LogP contribution in [-0.2, 0) is 14.6 Å². The third-order valence-electron chi connectivity index (χ3n) is 4.24. The number of amidine groups is 1. The Morgan fingerprint density at radius 3 is 2.92 bits per heavy atom. The molecule has 24 heavy (non-hydrogen) atoms. The first-order valence-corrected chi connectivity index (χ1v) is 10.6. The predicted octanol–water partition coefficient (Wildman–Crippen LogP) is 1.79. The molecule has 1 aromatic rings. The van der Waals surface area contributed by atoms with E-state index in [1.54, 1.807) is 18.2 Å². The number of halogens is 1. The number of carbonyl (C=O) groups is 1. The van der Waals surface area contributed by atoms with Crippen molar-refractivity contribution in [3.05, 3.63) is 28.8 Å². The van der Waals surface area contributed by atoms with Gasteiger partial charge in [-0.15, -0.1) is 0 Å². The predicted molar refractivity (Wildman–Crippen MR) is 98.7 cm³/mol. The van der Waals surface area contributed by atoms with Crippen molar-refractivity contribution in [1.82, 2.24) is 4.90 Å². The minimum Gasteiger partial charge on any atom is -0.348 e. The Labute approximate surface area is 150 Å². The van der Waals surface area contributed by atoms with Crippen molar-refractivity contribution in [1.29, 1.82) is 0 Å². The number of fused-ring (bicyclic) bond motifs is 1. The van der Waals surface area contributed by atoms with E-state index >= 15 is 0 Å². The van der Waals surface area contributed by atoms with Gasteiger partial charge in [0.25, 0.3) is 0 Å². The lowest BCUT2D eigenvalue weighted by Crippen LogP contribution is -2.35. The lowest BCUT2D eigenvalue weighted by Gasteiger charge is -2.20. The molecule has 0 aliphatic carbocycles. The van der Waals surface area contributed by atoms with Crippen LogP contribution in [-0.4, -0.2) is 60.8 Å². The topological polar surface area (TPSA) is 78.8 Å². The summed E-state index contributed by atoms with van der Waals surface area (Å²) < 4.78 is 23.3. The molecule has 1 N–H and O–H groups in total. The van der Waals surface area contributed by atoms with Crippen LogP contribution in [0.3, 0.4) is 0 Å². The SMILES string of the molecule is Cc1c(Cl)cccc1NC(=O)CSC1=N[C@H]2CS(=O)(=O)C[C@H]2N1C. The Balaban J connectivity index is 1.58. The highest BCUT2D eigenvalue weighted by Crippen LogP contribution is 2.30. The van der Waals surface area contributed by atoms with E-state index in [2.05, 4.69) is 10.3 Å². The van der Waals surface area contributed by atoms with Crippen molar-refractivity contribution >= 4 is 50.0 Å². The maximum Gasteiger partial charge on any atom is 0.234 e. The number of rotatable bonds is 3. The number of amides is 1. The zero-order valence-electron chi connectivity index (χ0n) is 13.3.